The Hall–Kier alpha value is 0. The molecule has 0 aromatic heterocycles. The highest BCUT2D eigenvalue weighted by Gasteiger charge is 2.44. The van der Waals surface area contributed by atoms with Crippen molar-refractivity contribution in [2.24, 2.45) is 17.3 Å². The smallest absolute Gasteiger partial charge is 0.0272 e. The average Bonchev–Trinajstić information content (AvgIpc) is 2.20. The highest BCUT2D eigenvalue weighted by Crippen LogP contribution is 2.54. The van der Waals surface area contributed by atoms with Gasteiger partial charge in [-0.25, -0.2) is 0 Å². The van der Waals surface area contributed by atoms with Crippen LogP contribution in [0.5, 0.6) is 0 Å². The third-order valence-electron chi connectivity index (χ3n) is 4.86. The SMILES string of the molecule is CCCCCC1CCC1(C)C(C)CC. The van der Waals surface area contributed by atoms with Gasteiger partial charge in [0.25, 0.3) is 0 Å². The van der Waals surface area contributed by atoms with Crippen LogP contribution in [0.1, 0.15) is 72.6 Å². The van der Waals surface area contributed by atoms with Gasteiger partial charge in [-0.2, -0.15) is 0 Å². The highest BCUT2D eigenvalue weighted by molar-refractivity contribution is 4.94. The van der Waals surface area contributed by atoms with E-state index in [4.69, 9.17) is 0 Å². The van der Waals surface area contributed by atoms with Crippen molar-refractivity contribution in [1.29, 1.82) is 0 Å². The first-order chi connectivity index (χ1) is 6.65. The van der Waals surface area contributed by atoms with Crippen LogP contribution in [0.15, 0.2) is 0 Å². The van der Waals surface area contributed by atoms with Gasteiger partial charge in [0, 0.05) is 0 Å². The summed E-state index contributed by atoms with van der Waals surface area (Å²) in [5.74, 6) is 1.98. The Morgan fingerprint density at radius 1 is 1.29 bits per heavy atom. The number of unbranched alkanes of at least 4 members (excludes halogenated alkanes) is 2. The second-order valence-electron chi connectivity index (χ2n) is 5.55. The molecule has 0 heterocycles. The summed E-state index contributed by atoms with van der Waals surface area (Å²) in [5, 5.41) is 0. The molecule has 1 aliphatic carbocycles. The quantitative estimate of drug-likeness (QED) is 0.523. The standard InChI is InChI=1S/C14H28/c1-5-7-8-9-13-10-11-14(13,4)12(3)6-2/h12-13H,5-11H2,1-4H3. The molecule has 0 radical (unpaired) electrons. The van der Waals surface area contributed by atoms with E-state index in [0.717, 1.165) is 11.8 Å². The second-order valence-corrected chi connectivity index (χ2v) is 5.55. The van der Waals surface area contributed by atoms with E-state index in [1.54, 1.807) is 0 Å². The molecule has 1 rings (SSSR count). The molecule has 3 unspecified atom stereocenters. The Morgan fingerprint density at radius 2 is 2.00 bits per heavy atom. The highest BCUT2D eigenvalue weighted by atomic mass is 14.5. The van der Waals surface area contributed by atoms with Gasteiger partial charge in [-0.3, -0.25) is 0 Å². The molecule has 0 aliphatic heterocycles. The molecule has 0 aromatic rings. The van der Waals surface area contributed by atoms with Crippen LogP contribution in [0.25, 0.3) is 0 Å². The fourth-order valence-electron chi connectivity index (χ4n) is 3.03. The van der Waals surface area contributed by atoms with Gasteiger partial charge >= 0.3 is 0 Å². The predicted octanol–water partition coefficient (Wildman–Crippen LogP) is 5.03. The minimum absolute atomic E-state index is 0.697. The van der Waals surface area contributed by atoms with Crippen LogP contribution in [0.3, 0.4) is 0 Å². The van der Waals surface area contributed by atoms with E-state index in [-0.39, 0.29) is 0 Å². The molecule has 0 spiro atoms. The Labute approximate surface area is 90.5 Å². The first-order valence-electron chi connectivity index (χ1n) is 6.65. The molecule has 1 fully saturated rings. The van der Waals surface area contributed by atoms with Crippen molar-refractivity contribution >= 4 is 0 Å². The monoisotopic (exact) mass is 196 g/mol. The number of hydrogen-bond donors (Lipinski definition) is 0. The Bertz CT molecular complexity index is 161. The summed E-state index contributed by atoms with van der Waals surface area (Å²) in [6.45, 7) is 9.62. The van der Waals surface area contributed by atoms with Crippen LogP contribution in [0.4, 0.5) is 0 Å². The Morgan fingerprint density at radius 3 is 2.43 bits per heavy atom. The maximum Gasteiger partial charge on any atom is -0.0272 e. The lowest BCUT2D eigenvalue weighted by Gasteiger charge is -2.51. The van der Waals surface area contributed by atoms with E-state index in [9.17, 15) is 0 Å². The molecule has 0 aromatic carbocycles. The normalized spacial score (nSPS) is 33.9. The largest absolute Gasteiger partial charge is 0.0654 e. The molecule has 3 atom stereocenters. The summed E-state index contributed by atoms with van der Waals surface area (Å²) in [4.78, 5) is 0. The minimum Gasteiger partial charge on any atom is -0.0654 e. The zero-order valence-electron chi connectivity index (χ0n) is 10.6. The van der Waals surface area contributed by atoms with E-state index in [1.807, 2.05) is 0 Å². The molecular weight excluding hydrogens is 168 g/mol. The fraction of sp³-hybridized carbons (Fsp3) is 1.00. The average molecular weight is 196 g/mol. The first kappa shape index (κ1) is 12.1. The Balaban J connectivity index is 2.32. The van der Waals surface area contributed by atoms with Crippen molar-refractivity contribution in [1.82, 2.24) is 0 Å². The molecular formula is C14H28. The van der Waals surface area contributed by atoms with Gasteiger partial charge in [0.2, 0.25) is 0 Å². The predicted molar refractivity (Wildman–Crippen MR) is 64.4 cm³/mol. The van der Waals surface area contributed by atoms with E-state index in [0.29, 0.717) is 5.41 Å². The minimum atomic E-state index is 0.697. The van der Waals surface area contributed by atoms with Gasteiger partial charge in [0.1, 0.15) is 0 Å². The summed E-state index contributed by atoms with van der Waals surface area (Å²) in [7, 11) is 0. The molecule has 0 heteroatoms. The van der Waals surface area contributed by atoms with Crippen molar-refractivity contribution in [2.45, 2.75) is 72.6 Å². The van der Waals surface area contributed by atoms with Gasteiger partial charge in [-0.05, 0) is 36.5 Å². The molecule has 14 heavy (non-hydrogen) atoms. The van der Waals surface area contributed by atoms with Crippen molar-refractivity contribution in [3.63, 3.8) is 0 Å². The number of rotatable bonds is 6. The maximum absolute atomic E-state index is 2.53. The third-order valence-corrected chi connectivity index (χ3v) is 4.86. The van der Waals surface area contributed by atoms with Gasteiger partial charge in [0.15, 0.2) is 0 Å². The first-order valence-corrected chi connectivity index (χ1v) is 6.65. The zero-order chi connectivity index (χ0) is 10.6. The van der Waals surface area contributed by atoms with Crippen LogP contribution >= 0.6 is 0 Å². The van der Waals surface area contributed by atoms with E-state index in [2.05, 4.69) is 27.7 Å². The molecule has 0 amide bonds. The van der Waals surface area contributed by atoms with Crippen LogP contribution in [-0.4, -0.2) is 0 Å². The van der Waals surface area contributed by atoms with Gasteiger partial charge < -0.3 is 0 Å². The molecule has 1 aliphatic rings. The Kier molecular flexibility index (Phi) is 4.47. The zero-order valence-corrected chi connectivity index (χ0v) is 10.6. The van der Waals surface area contributed by atoms with Crippen LogP contribution in [0, 0.1) is 17.3 Å². The summed E-state index contributed by atoms with van der Waals surface area (Å²) >= 11 is 0. The topological polar surface area (TPSA) is 0 Å². The van der Waals surface area contributed by atoms with Crippen molar-refractivity contribution in [2.75, 3.05) is 0 Å². The molecule has 1 saturated carbocycles. The van der Waals surface area contributed by atoms with Gasteiger partial charge in [-0.15, -0.1) is 0 Å². The van der Waals surface area contributed by atoms with Crippen LogP contribution in [-0.2, 0) is 0 Å². The molecule has 0 N–H and O–H groups in total. The lowest BCUT2D eigenvalue weighted by Crippen LogP contribution is -2.42. The van der Waals surface area contributed by atoms with Crippen molar-refractivity contribution < 1.29 is 0 Å². The summed E-state index contributed by atoms with van der Waals surface area (Å²) in [6.07, 6.45) is 10.1. The molecule has 84 valence electrons. The van der Waals surface area contributed by atoms with E-state index in [1.165, 1.54) is 44.9 Å². The maximum atomic E-state index is 2.53. The summed E-state index contributed by atoms with van der Waals surface area (Å²) in [6, 6.07) is 0. The molecule has 0 nitrogen and oxygen atoms in total. The summed E-state index contributed by atoms with van der Waals surface area (Å²) in [5.41, 5.74) is 0.697. The van der Waals surface area contributed by atoms with Crippen LogP contribution in [0.2, 0.25) is 0 Å². The number of hydrogen-bond acceptors (Lipinski definition) is 0. The lowest BCUT2D eigenvalue weighted by atomic mass is 9.54. The molecule has 0 saturated heterocycles. The van der Waals surface area contributed by atoms with Crippen molar-refractivity contribution in [3.8, 4) is 0 Å². The van der Waals surface area contributed by atoms with E-state index < -0.39 is 0 Å². The lowest BCUT2D eigenvalue weighted by molar-refractivity contribution is -0.0149. The van der Waals surface area contributed by atoms with Gasteiger partial charge in [-0.1, -0.05) is 53.4 Å². The second kappa shape index (κ2) is 5.19. The van der Waals surface area contributed by atoms with Crippen LogP contribution < -0.4 is 0 Å². The van der Waals surface area contributed by atoms with E-state index >= 15 is 0 Å². The molecule has 0 bridgehead atoms. The third kappa shape index (κ3) is 2.32. The van der Waals surface area contributed by atoms with Gasteiger partial charge in [0.05, 0.1) is 0 Å². The summed E-state index contributed by atoms with van der Waals surface area (Å²) < 4.78 is 0. The van der Waals surface area contributed by atoms with Crippen molar-refractivity contribution in [3.05, 3.63) is 0 Å². The fourth-order valence-corrected chi connectivity index (χ4v) is 3.03.